The maximum atomic E-state index is 13.7. The SMILES string of the molecule is CON=C(C(=O)NC1C(=O)N2CC(CSc3nncn3C)(C(=O)O)CS[C@H]12)c1csc(NC(c2ccccc2)(c2ccccc2)c2ccccc2)n1. The zero-order chi connectivity index (χ0) is 36.3. The molecule has 3 atom stereocenters. The van der Waals surface area contributed by atoms with Crippen molar-refractivity contribution < 1.29 is 24.3 Å². The monoisotopic (exact) mass is 754 g/mol. The van der Waals surface area contributed by atoms with Gasteiger partial charge in [-0.1, -0.05) is 108 Å². The molecule has 0 spiro atoms. The predicted molar refractivity (Wildman–Crippen MR) is 200 cm³/mol. The summed E-state index contributed by atoms with van der Waals surface area (Å²) in [7, 11) is 3.12. The van der Waals surface area contributed by atoms with Gasteiger partial charge in [-0.3, -0.25) is 14.4 Å². The lowest BCUT2D eigenvalue weighted by atomic mass is 9.77. The summed E-state index contributed by atoms with van der Waals surface area (Å²) in [6, 6.07) is 29.4. The third-order valence-electron chi connectivity index (χ3n) is 9.09. The lowest BCUT2D eigenvalue weighted by molar-refractivity contribution is -0.157. The fourth-order valence-corrected chi connectivity index (χ4v) is 9.90. The first-order valence-corrected chi connectivity index (χ1v) is 19.1. The van der Waals surface area contributed by atoms with Crippen molar-refractivity contribution in [1.82, 2.24) is 30.0 Å². The summed E-state index contributed by atoms with van der Waals surface area (Å²) in [6.45, 7) is 0.0161. The van der Waals surface area contributed by atoms with Gasteiger partial charge >= 0.3 is 5.97 Å². The molecule has 2 saturated heterocycles. The van der Waals surface area contributed by atoms with E-state index in [-0.39, 0.29) is 35.4 Å². The maximum absolute atomic E-state index is 13.7. The zero-order valence-electron chi connectivity index (χ0n) is 28.1. The number of aromatic nitrogens is 4. The molecule has 2 aliphatic rings. The first-order valence-electron chi connectivity index (χ1n) is 16.2. The van der Waals surface area contributed by atoms with Crippen LogP contribution in [0.3, 0.4) is 0 Å². The van der Waals surface area contributed by atoms with Crippen LogP contribution in [0.15, 0.2) is 113 Å². The fourth-order valence-electron chi connectivity index (χ4n) is 6.40. The van der Waals surface area contributed by atoms with Gasteiger partial charge in [-0.25, -0.2) is 4.98 Å². The Balaban J connectivity index is 1.10. The topological polar surface area (TPSA) is 164 Å². The number of thioether (sulfide) groups is 2. The molecule has 5 aromatic rings. The largest absolute Gasteiger partial charge is 0.481 e. The van der Waals surface area contributed by atoms with Crippen molar-refractivity contribution in [2.45, 2.75) is 22.1 Å². The number of hydrogen-bond acceptors (Lipinski definition) is 12. The highest BCUT2D eigenvalue weighted by molar-refractivity contribution is 8.00. The molecule has 7 rings (SSSR count). The third kappa shape index (κ3) is 6.52. The number of aryl methyl sites for hydroxylation is 1. The number of carbonyl (C=O) groups excluding carboxylic acids is 2. The number of anilines is 1. The smallest absolute Gasteiger partial charge is 0.313 e. The molecule has 2 amide bonds. The van der Waals surface area contributed by atoms with Crippen molar-refractivity contribution in [3.8, 4) is 0 Å². The van der Waals surface area contributed by atoms with E-state index in [1.807, 2.05) is 54.6 Å². The van der Waals surface area contributed by atoms with Crippen LogP contribution in [0.5, 0.6) is 0 Å². The third-order valence-corrected chi connectivity index (χ3v) is 12.8. The van der Waals surface area contributed by atoms with E-state index in [0.717, 1.165) is 16.7 Å². The van der Waals surface area contributed by atoms with Gasteiger partial charge in [0, 0.05) is 30.5 Å². The molecule has 0 saturated carbocycles. The molecular formula is C36H34N8O5S3. The Bertz CT molecular complexity index is 2000. The summed E-state index contributed by atoms with van der Waals surface area (Å²) >= 11 is 3.92. The molecule has 2 unspecified atom stereocenters. The molecule has 266 valence electrons. The van der Waals surface area contributed by atoms with Crippen LogP contribution in [0, 0.1) is 5.41 Å². The summed E-state index contributed by atoms with van der Waals surface area (Å²) in [5, 5.41) is 31.0. The molecule has 2 fully saturated rings. The predicted octanol–water partition coefficient (Wildman–Crippen LogP) is 4.29. The summed E-state index contributed by atoms with van der Waals surface area (Å²) in [5.41, 5.74) is 1.12. The maximum Gasteiger partial charge on any atom is 0.313 e. The number of β-lactam (4-membered cyclic amide) rings is 1. The minimum Gasteiger partial charge on any atom is -0.481 e. The standard InChI is InChI=1S/C36H34N8O5S3/c1-43-22-37-41-34(43)52-21-35(32(47)48)19-44-30(46)28(31(44)51-20-35)39-29(45)27(42-49-2)26-18-50-33(38-26)40-36(23-12-6-3-7-13-23,24-14-8-4-9-15-24)25-16-10-5-11-17-25/h3-18,22,28,31H,19-21H2,1-2H3,(H,38,40)(H,39,45)(H,47,48)/t28?,31-,35?/m1/s1. The number of aliphatic carboxylic acids is 1. The number of rotatable bonds is 13. The average Bonchev–Trinajstić information content (AvgIpc) is 3.83. The number of nitrogens with one attached hydrogen (secondary N) is 2. The molecular weight excluding hydrogens is 721 g/mol. The number of amides is 2. The number of carboxylic acids is 1. The quantitative estimate of drug-likeness (QED) is 0.0517. The van der Waals surface area contributed by atoms with Gasteiger partial charge in [0.25, 0.3) is 5.91 Å². The van der Waals surface area contributed by atoms with E-state index in [4.69, 9.17) is 9.82 Å². The number of nitrogens with zero attached hydrogens (tertiary/aromatic N) is 6. The van der Waals surface area contributed by atoms with Crippen molar-refractivity contribution in [2.24, 2.45) is 17.6 Å². The Labute approximate surface area is 311 Å². The van der Waals surface area contributed by atoms with Crippen LogP contribution in [-0.4, -0.2) is 89.8 Å². The van der Waals surface area contributed by atoms with Crippen LogP contribution < -0.4 is 10.6 Å². The van der Waals surface area contributed by atoms with E-state index in [2.05, 4.69) is 62.4 Å². The van der Waals surface area contributed by atoms with Crippen molar-refractivity contribution in [3.63, 3.8) is 0 Å². The first-order chi connectivity index (χ1) is 25.3. The van der Waals surface area contributed by atoms with E-state index in [1.165, 1.54) is 46.9 Å². The van der Waals surface area contributed by atoms with Gasteiger partial charge in [0.05, 0.1) is 0 Å². The van der Waals surface area contributed by atoms with Crippen LogP contribution >= 0.6 is 34.9 Å². The molecule has 3 N–H and O–H groups in total. The number of carbonyl (C=O) groups is 3. The van der Waals surface area contributed by atoms with E-state index < -0.39 is 34.2 Å². The van der Waals surface area contributed by atoms with Crippen molar-refractivity contribution in [2.75, 3.05) is 30.5 Å². The van der Waals surface area contributed by atoms with E-state index in [9.17, 15) is 19.5 Å². The van der Waals surface area contributed by atoms with Crippen molar-refractivity contribution in [1.29, 1.82) is 0 Å². The summed E-state index contributed by atoms with van der Waals surface area (Å²) in [4.78, 5) is 51.0. The lowest BCUT2D eigenvalue weighted by Crippen LogP contribution is -2.74. The first kappa shape index (κ1) is 35.2. The molecule has 0 bridgehead atoms. The Kier molecular flexibility index (Phi) is 10.0. The highest BCUT2D eigenvalue weighted by Crippen LogP contribution is 2.45. The minimum atomic E-state index is -1.19. The van der Waals surface area contributed by atoms with Gasteiger partial charge < -0.3 is 30.0 Å². The van der Waals surface area contributed by atoms with Crippen LogP contribution in [0.4, 0.5) is 5.13 Å². The summed E-state index contributed by atoms with van der Waals surface area (Å²) in [5.74, 6) is -1.53. The van der Waals surface area contributed by atoms with E-state index >= 15 is 0 Å². The number of benzene rings is 3. The van der Waals surface area contributed by atoms with E-state index in [0.29, 0.717) is 10.3 Å². The molecule has 52 heavy (non-hydrogen) atoms. The Hall–Kier alpha value is -5.19. The second-order valence-electron chi connectivity index (χ2n) is 12.4. The molecule has 4 heterocycles. The van der Waals surface area contributed by atoms with Crippen molar-refractivity contribution in [3.05, 3.63) is 125 Å². The average molecular weight is 755 g/mol. The van der Waals surface area contributed by atoms with Crippen LogP contribution in [0.2, 0.25) is 0 Å². The van der Waals surface area contributed by atoms with Gasteiger partial charge in [0.1, 0.15) is 41.5 Å². The number of fused-ring (bicyclic) bond motifs is 1. The molecule has 2 aromatic heterocycles. The van der Waals surface area contributed by atoms with Gasteiger partial charge in [-0.2, -0.15) is 0 Å². The highest BCUT2D eigenvalue weighted by Gasteiger charge is 2.57. The molecule has 2 aliphatic heterocycles. The van der Waals surface area contributed by atoms with Gasteiger partial charge in [-0.15, -0.1) is 33.3 Å². The Morgan fingerprint density at radius 1 is 1.04 bits per heavy atom. The number of hydrogen-bond donors (Lipinski definition) is 3. The van der Waals surface area contributed by atoms with Gasteiger partial charge in [-0.05, 0) is 16.7 Å². The zero-order valence-corrected chi connectivity index (χ0v) is 30.5. The number of oxime groups is 1. The fraction of sp³-hybridized carbons (Fsp3) is 0.250. The Morgan fingerprint density at radius 3 is 2.19 bits per heavy atom. The second-order valence-corrected chi connectivity index (χ2v) is 15.3. The highest BCUT2D eigenvalue weighted by atomic mass is 32.2. The second kappa shape index (κ2) is 14.8. The number of carboxylic acid groups (broad SMARTS) is 1. The molecule has 16 heteroatoms. The minimum absolute atomic E-state index is 0.0161. The van der Waals surface area contributed by atoms with E-state index in [1.54, 1.807) is 23.3 Å². The van der Waals surface area contributed by atoms with Crippen LogP contribution in [0.1, 0.15) is 22.4 Å². The van der Waals surface area contributed by atoms with Crippen LogP contribution in [0.25, 0.3) is 0 Å². The normalized spacial score (nSPS) is 20.1. The van der Waals surface area contributed by atoms with Gasteiger partial charge in [0.15, 0.2) is 16.0 Å². The summed E-state index contributed by atoms with van der Waals surface area (Å²) in [6.07, 6.45) is 1.55. The molecule has 0 aliphatic carbocycles. The lowest BCUT2D eigenvalue weighted by Gasteiger charge is -2.53. The number of thiazole rings is 1. The van der Waals surface area contributed by atoms with Crippen LogP contribution in [-0.2, 0) is 31.8 Å². The Morgan fingerprint density at radius 2 is 1.65 bits per heavy atom. The molecule has 0 radical (unpaired) electrons. The summed E-state index contributed by atoms with van der Waals surface area (Å²) < 4.78 is 1.71. The molecule has 13 nitrogen and oxygen atoms in total. The van der Waals surface area contributed by atoms with Crippen molar-refractivity contribution >= 4 is 63.5 Å². The molecule has 3 aromatic carbocycles. The van der Waals surface area contributed by atoms with Gasteiger partial charge in [0.2, 0.25) is 5.91 Å².